The van der Waals surface area contributed by atoms with Crippen molar-refractivity contribution in [3.05, 3.63) is 91.8 Å². The van der Waals surface area contributed by atoms with Gasteiger partial charge in [0.15, 0.2) is 5.11 Å². The molecule has 0 saturated carbocycles. The summed E-state index contributed by atoms with van der Waals surface area (Å²) in [5.74, 6) is -0.260. The minimum atomic E-state index is -0.180. The van der Waals surface area contributed by atoms with Crippen LogP contribution in [0.5, 0.6) is 0 Å². The Morgan fingerprint density at radius 3 is 2.68 bits per heavy atom. The number of fused-ring (bicyclic) bond motifs is 1. The van der Waals surface area contributed by atoms with Crippen LogP contribution in [0.3, 0.4) is 0 Å². The molecule has 4 aromatic rings. The lowest BCUT2D eigenvalue weighted by Gasteiger charge is -2.17. The summed E-state index contributed by atoms with van der Waals surface area (Å²) in [4.78, 5) is 30.7. The van der Waals surface area contributed by atoms with Gasteiger partial charge in [0.2, 0.25) is 5.91 Å². The molecule has 1 saturated heterocycles. The van der Waals surface area contributed by atoms with Crippen LogP contribution in [0.4, 0.5) is 5.69 Å². The zero-order chi connectivity index (χ0) is 26.3. The zero-order valence-corrected chi connectivity index (χ0v) is 23.8. The van der Waals surface area contributed by atoms with E-state index in [0.29, 0.717) is 17.4 Å². The number of hydrogen-bond donors (Lipinski definition) is 1. The Labute approximate surface area is 233 Å². The summed E-state index contributed by atoms with van der Waals surface area (Å²) in [5, 5.41) is 6.34. The number of amides is 2. The molecule has 37 heavy (non-hydrogen) atoms. The smallest absolute Gasteiger partial charge is 0.281 e. The summed E-state index contributed by atoms with van der Waals surface area (Å²) in [6.45, 7) is 4.73. The molecule has 1 aliphatic heterocycles. The Kier molecular flexibility index (Phi) is 7.02. The largest absolute Gasteiger partial charge is 0.350 e. The van der Waals surface area contributed by atoms with Crippen LogP contribution in [-0.4, -0.2) is 33.4 Å². The second-order valence-electron chi connectivity index (χ2n) is 9.01. The number of thiocarbonyl (C=S) groups is 1. The van der Waals surface area contributed by atoms with Gasteiger partial charge in [-0.3, -0.25) is 14.5 Å². The van der Waals surface area contributed by atoms with E-state index < -0.39 is 0 Å². The molecule has 0 aliphatic carbocycles. The van der Waals surface area contributed by atoms with Crippen molar-refractivity contribution in [1.29, 1.82) is 0 Å². The topological polar surface area (TPSA) is 57.6 Å². The number of nitrogens with one attached hydrogen (secondary N) is 1. The number of carbonyl (C=O) groups excluding carboxylic acids is 2. The Morgan fingerprint density at radius 2 is 1.95 bits per heavy atom. The Balaban J connectivity index is 1.47. The van der Waals surface area contributed by atoms with Crippen molar-refractivity contribution in [2.75, 3.05) is 11.9 Å². The van der Waals surface area contributed by atoms with Gasteiger partial charge in [-0.1, -0.05) is 28.1 Å². The highest BCUT2D eigenvalue weighted by Crippen LogP contribution is 2.32. The number of halogens is 1. The summed E-state index contributed by atoms with van der Waals surface area (Å²) < 4.78 is 2.83. The van der Waals surface area contributed by atoms with Gasteiger partial charge in [0, 0.05) is 39.1 Å². The third kappa shape index (κ3) is 4.99. The van der Waals surface area contributed by atoms with Crippen molar-refractivity contribution >= 4 is 79.1 Å². The highest BCUT2D eigenvalue weighted by Gasteiger charge is 2.37. The van der Waals surface area contributed by atoms with E-state index in [9.17, 15) is 9.59 Å². The van der Waals surface area contributed by atoms with Gasteiger partial charge in [0.05, 0.1) is 12.2 Å². The second-order valence-corrected chi connectivity index (χ2v) is 11.3. The van der Waals surface area contributed by atoms with E-state index in [4.69, 9.17) is 12.2 Å². The van der Waals surface area contributed by atoms with Crippen LogP contribution in [0, 0.1) is 13.8 Å². The van der Waals surface area contributed by atoms with Crippen molar-refractivity contribution in [1.82, 2.24) is 14.8 Å². The lowest BCUT2D eigenvalue weighted by atomic mass is 10.1. The van der Waals surface area contributed by atoms with Gasteiger partial charge in [-0.15, -0.1) is 11.3 Å². The number of benzene rings is 2. The number of anilines is 1. The Hall–Kier alpha value is -3.27. The van der Waals surface area contributed by atoms with E-state index in [1.165, 1.54) is 0 Å². The molecule has 5 rings (SSSR count). The van der Waals surface area contributed by atoms with Crippen LogP contribution in [0.1, 0.15) is 21.6 Å². The number of thiophene rings is 1. The first kappa shape index (κ1) is 25.4. The molecular formula is C28H25BrN4O2S2. The average molecular weight is 594 g/mol. The van der Waals surface area contributed by atoms with Gasteiger partial charge in [0.25, 0.3) is 5.91 Å². The maximum Gasteiger partial charge on any atom is 0.281 e. The molecule has 2 amide bonds. The summed E-state index contributed by atoms with van der Waals surface area (Å²) in [7, 11) is 1.81. The fourth-order valence-corrected chi connectivity index (χ4v) is 5.64. The van der Waals surface area contributed by atoms with Gasteiger partial charge in [-0.05, 0) is 85.0 Å². The molecule has 2 aromatic heterocycles. The first-order valence-corrected chi connectivity index (χ1v) is 13.8. The Morgan fingerprint density at radius 1 is 1.14 bits per heavy atom. The normalized spacial score (nSPS) is 14.9. The van der Waals surface area contributed by atoms with E-state index in [0.717, 1.165) is 42.6 Å². The molecule has 1 fully saturated rings. The SMILES string of the molecule is Cc1ccc(N2C(=O)/C(=C/c3cn(CC(=O)NCc4cccs4)c4ccc(Br)cc34)N(C)C2=S)cc1C. The van der Waals surface area contributed by atoms with Crippen LogP contribution < -0.4 is 10.2 Å². The summed E-state index contributed by atoms with van der Waals surface area (Å²) in [5.41, 5.74) is 5.22. The predicted molar refractivity (Wildman–Crippen MR) is 158 cm³/mol. The number of hydrogen-bond acceptors (Lipinski definition) is 4. The van der Waals surface area contributed by atoms with Crippen molar-refractivity contribution in [2.24, 2.45) is 0 Å². The first-order valence-electron chi connectivity index (χ1n) is 11.7. The number of rotatable bonds is 6. The molecule has 2 aromatic carbocycles. The van der Waals surface area contributed by atoms with E-state index in [1.807, 2.05) is 84.6 Å². The molecule has 0 radical (unpaired) electrons. The summed E-state index contributed by atoms with van der Waals surface area (Å²) in [6, 6.07) is 15.8. The predicted octanol–water partition coefficient (Wildman–Crippen LogP) is 6.00. The van der Waals surface area contributed by atoms with Crippen LogP contribution in [-0.2, 0) is 22.7 Å². The average Bonchev–Trinajstić information content (AvgIpc) is 3.55. The van der Waals surface area contributed by atoms with E-state index >= 15 is 0 Å². The second kappa shape index (κ2) is 10.2. The molecule has 0 atom stereocenters. The van der Waals surface area contributed by atoms with Gasteiger partial charge in [-0.2, -0.15) is 0 Å². The van der Waals surface area contributed by atoms with Crippen molar-refractivity contribution in [3.8, 4) is 0 Å². The van der Waals surface area contributed by atoms with Crippen molar-refractivity contribution < 1.29 is 9.59 Å². The molecule has 0 spiro atoms. The number of carbonyl (C=O) groups is 2. The maximum atomic E-state index is 13.6. The maximum absolute atomic E-state index is 13.6. The third-order valence-electron chi connectivity index (χ3n) is 6.53. The van der Waals surface area contributed by atoms with Crippen LogP contribution in [0.15, 0.2) is 70.3 Å². The number of likely N-dealkylation sites (N-methyl/N-ethyl adjacent to an activating group) is 1. The minimum absolute atomic E-state index is 0.0800. The number of aryl methyl sites for hydroxylation is 2. The fraction of sp³-hybridized carbons (Fsp3) is 0.179. The van der Waals surface area contributed by atoms with Gasteiger partial charge < -0.3 is 14.8 Å². The molecule has 6 nitrogen and oxygen atoms in total. The molecule has 0 bridgehead atoms. The minimum Gasteiger partial charge on any atom is -0.350 e. The standard InChI is InChI=1S/C28H25BrN4O2S2/c1-17-6-8-21(11-18(17)2)33-27(35)25(31(3)28(33)36)12-19-15-32(24-9-7-20(29)13-23(19)24)16-26(34)30-14-22-5-4-10-37-22/h4-13,15H,14,16H2,1-3H3,(H,30,34)/b25-12-. The molecule has 0 unspecified atom stereocenters. The first-order chi connectivity index (χ1) is 17.7. The lowest BCUT2D eigenvalue weighted by molar-refractivity contribution is -0.121. The highest BCUT2D eigenvalue weighted by atomic mass is 79.9. The van der Waals surface area contributed by atoms with Crippen LogP contribution in [0.2, 0.25) is 0 Å². The number of nitrogens with zero attached hydrogens (tertiary/aromatic N) is 3. The molecule has 3 heterocycles. The third-order valence-corrected chi connectivity index (χ3v) is 8.36. The highest BCUT2D eigenvalue weighted by molar-refractivity contribution is 9.10. The van der Waals surface area contributed by atoms with Crippen LogP contribution >= 0.6 is 39.5 Å². The van der Waals surface area contributed by atoms with E-state index in [1.54, 1.807) is 28.2 Å². The molecule has 9 heteroatoms. The van der Waals surface area contributed by atoms with E-state index in [-0.39, 0.29) is 18.4 Å². The quantitative estimate of drug-likeness (QED) is 0.220. The Bertz CT molecular complexity index is 1570. The van der Waals surface area contributed by atoms with E-state index in [2.05, 4.69) is 21.2 Å². The summed E-state index contributed by atoms with van der Waals surface area (Å²) in [6.07, 6.45) is 3.77. The molecule has 1 aliphatic rings. The van der Waals surface area contributed by atoms with Crippen molar-refractivity contribution in [2.45, 2.75) is 26.9 Å². The van der Waals surface area contributed by atoms with Gasteiger partial charge >= 0.3 is 0 Å². The molecule has 1 N–H and O–H groups in total. The van der Waals surface area contributed by atoms with Crippen molar-refractivity contribution in [3.63, 3.8) is 0 Å². The monoisotopic (exact) mass is 592 g/mol. The molecular weight excluding hydrogens is 568 g/mol. The van der Waals surface area contributed by atoms with Gasteiger partial charge in [0.1, 0.15) is 12.2 Å². The van der Waals surface area contributed by atoms with Gasteiger partial charge in [-0.25, -0.2) is 0 Å². The lowest BCUT2D eigenvalue weighted by Crippen LogP contribution is -2.31. The summed E-state index contributed by atoms with van der Waals surface area (Å²) >= 11 is 10.8. The fourth-order valence-electron chi connectivity index (χ4n) is 4.35. The zero-order valence-electron chi connectivity index (χ0n) is 20.6. The van der Waals surface area contributed by atoms with Crippen LogP contribution in [0.25, 0.3) is 17.0 Å². The molecule has 188 valence electrons. The number of aromatic nitrogens is 1.